The maximum atomic E-state index is 11.5. The maximum Gasteiger partial charge on any atom is 0.276 e. The summed E-state index contributed by atoms with van der Waals surface area (Å²) in [6, 6.07) is 10.1. The van der Waals surface area contributed by atoms with E-state index in [0.29, 0.717) is 6.54 Å². The predicted molar refractivity (Wildman–Crippen MR) is 87.6 cm³/mol. The number of pyridine rings is 1. The van der Waals surface area contributed by atoms with E-state index in [-0.39, 0.29) is 10.5 Å². The van der Waals surface area contributed by atoms with Crippen LogP contribution >= 0.6 is 0 Å². The molecule has 0 saturated carbocycles. The van der Waals surface area contributed by atoms with Gasteiger partial charge < -0.3 is 4.57 Å². The summed E-state index contributed by atoms with van der Waals surface area (Å²) in [6.45, 7) is 0.499. The molecule has 2 N–H and O–H groups in total. The van der Waals surface area contributed by atoms with E-state index in [1.165, 1.54) is 12.5 Å². The van der Waals surface area contributed by atoms with Gasteiger partial charge in [-0.05, 0) is 29.8 Å². The summed E-state index contributed by atoms with van der Waals surface area (Å²) in [5.41, 5.74) is 4.20. The Morgan fingerprint density at radius 2 is 1.96 bits per heavy atom. The number of nitrogens with one attached hydrogen (secondary N) is 1. The van der Waals surface area contributed by atoms with Gasteiger partial charge in [-0.3, -0.25) is 15.0 Å². The van der Waals surface area contributed by atoms with Gasteiger partial charge in [0.25, 0.3) is 5.91 Å². The smallest absolute Gasteiger partial charge is 0.276 e. The highest BCUT2D eigenvalue weighted by molar-refractivity contribution is 7.90. The van der Waals surface area contributed by atoms with Crippen molar-refractivity contribution in [2.45, 2.75) is 11.4 Å². The molecule has 0 unspecified atom stereocenters. The Kier molecular flexibility index (Phi) is 4.08. The summed E-state index contributed by atoms with van der Waals surface area (Å²) in [4.78, 5) is 16.0. The average molecular weight is 345 g/mol. The van der Waals surface area contributed by atoms with Gasteiger partial charge in [-0.25, -0.2) is 13.9 Å². The summed E-state index contributed by atoms with van der Waals surface area (Å²) in [5, 5.41) is 8.72. The molecule has 0 aliphatic heterocycles. The fraction of sp³-hybridized carbons (Fsp3) is 0.125. The normalized spacial score (nSPS) is 11.6. The first kappa shape index (κ1) is 16.2. The number of fused-ring (bicyclic) bond motifs is 1. The molecule has 0 aliphatic carbocycles. The highest BCUT2D eigenvalue weighted by Gasteiger charge is 2.10. The molecule has 0 aliphatic rings. The van der Waals surface area contributed by atoms with Gasteiger partial charge >= 0.3 is 0 Å². The molecule has 2 heterocycles. The molecule has 0 spiro atoms. The number of amides is 1. The maximum absolute atomic E-state index is 11.5. The highest BCUT2D eigenvalue weighted by Crippen LogP contribution is 2.18. The van der Waals surface area contributed by atoms with Gasteiger partial charge in [-0.2, -0.15) is 0 Å². The summed E-state index contributed by atoms with van der Waals surface area (Å²) in [7, 11) is -3.22. The van der Waals surface area contributed by atoms with E-state index in [2.05, 4.69) is 4.98 Å². The standard InChI is InChI=1S/C16H15N3O4S/c1-24(22,23)13-4-2-11(3-5-13)10-19-7-6-14-15(19)8-12(9-17-14)16(20)18-21/h2-9,21H,10H2,1H3,(H,18,20). The molecule has 8 heteroatoms. The molecule has 0 saturated heterocycles. The Balaban J connectivity index is 1.93. The molecule has 3 rings (SSSR count). The topological polar surface area (TPSA) is 101 Å². The SMILES string of the molecule is CS(=O)(=O)c1ccc(Cn2ccc3ncc(C(=O)NO)cc32)cc1. The first-order chi connectivity index (χ1) is 11.4. The molecule has 7 nitrogen and oxygen atoms in total. The van der Waals surface area contributed by atoms with Gasteiger partial charge in [0.2, 0.25) is 0 Å². The number of aromatic nitrogens is 2. The number of sulfone groups is 1. The van der Waals surface area contributed by atoms with Gasteiger partial charge in [0.1, 0.15) is 0 Å². The van der Waals surface area contributed by atoms with Crippen LogP contribution in [0.4, 0.5) is 0 Å². The van der Waals surface area contributed by atoms with Crippen LogP contribution in [-0.4, -0.2) is 35.3 Å². The Hall–Kier alpha value is -2.71. The number of rotatable bonds is 4. The summed E-state index contributed by atoms with van der Waals surface area (Å²) in [5.74, 6) is -0.630. The van der Waals surface area contributed by atoms with E-state index in [4.69, 9.17) is 5.21 Å². The molecular weight excluding hydrogens is 330 g/mol. The van der Waals surface area contributed by atoms with Crippen molar-refractivity contribution in [3.8, 4) is 0 Å². The number of carbonyl (C=O) groups excluding carboxylic acids is 1. The van der Waals surface area contributed by atoms with Crippen molar-refractivity contribution in [3.63, 3.8) is 0 Å². The molecule has 0 radical (unpaired) electrons. The van der Waals surface area contributed by atoms with Gasteiger partial charge in [-0.15, -0.1) is 0 Å². The summed E-state index contributed by atoms with van der Waals surface area (Å²) in [6.07, 6.45) is 4.39. The minimum absolute atomic E-state index is 0.248. The second-order valence-corrected chi connectivity index (χ2v) is 7.44. The van der Waals surface area contributed by atoms with Crippen molar-refractivity contribution < 1.29 is 18.4 Å². The number of hydroxylamine groups is 1. The lowest BCUT2D eigenvalue weighted by Gasteiger charge is -2.07. The molecule has 0 atom stereocenters. The Morgan fingerprint density at radius 3 is 2.58 bits per heavy atom. The van der Waals surface area contributed by atoms with Crippen LogP contribution in [0.1, 0.15) is 15.9 Å². The fourth-order valence-electron chi connectivity index (χ4n) is 2.43. The molecular formula is C16H15N3O4S. The first-order valence-corrected chi connectivity index (χ1v) is 8.96. The van der Waals surface area contributed by atoms with E-state index >= 15 is 0 Å². The largest absolute Gasteiger partial charge is 0.342 e. The van der Waals surface area contributed by atoms with E-state index in [0.717, 1.165) is 16.6 Å². The second-order valence-electron chi connectivity index (χ2n) is 5.43. The fourth-order valence-corrected chi connectivity index (χ4v) is 3.06. The van der Waals surface area contributed by atoms with Crippen LogP contribution in [0.25, 0.3) is 11.0 Å². The van der Waals surface area contributed by atoms with Crippen LogP contribution < -0.4 is 5.48 Å². The van der Waals surface area contributed by atoms with E-state index < -0.39 is 15.7 Å². The summed E-state index contributed by atoms with van der Waals surface area (Å²) < 4.78 is 24.9. The molecule has 0 fully saturated rings. The zero-order chi connectivity index (χ0) is 17.3. The van der Waals surface area contributed by atoms with Crippen LogP contribution in [0.15, 0.2) is 53.7 Å². The molecule has 24 heavy (non-hydrogen) atoms. The first-order valence-electron chi connectivity index (χ1n) is 7.07. The van der Waals surface area contributed by atoms with Crippen LogP contribution in [0.3, 0.4) is 0 Å². The van der Waals surface area contributed by atoms with Crippen LogP contribution in [-0.2, 0) is 16.4 Å². The third-order valence-corrected chi connectivity index (χ3v) is 4.82. The highest BCUT2D eigenvalue weighted by atomic mass is 32.2. The molecule has 2 aromatic heterocycles. The number of hydrogen-bond donors (Lipinski definition) is 2. The van der Waals surface area contributed by atoms with Crippen molar-refractivity contribution in [2.75, 3.05) is 6.26 Å². The van der Waals surface area contributed by atoms with Crippen molar-refractivity contribution >= 4 is 26.8 Å². The number of benzene rings is 1. The number of nitrogens with zero attached hydrogens (tertiary/aromatic N) is 2. The van der Waals surface area contributed by atoms with Gasteiger partial charge in [0, 0.05) is 25.2 Å². The van der Waals surface area contributed by atoms with Crippen LogP contribution in [0.5, 0.6) is 0 Å². The van der Waals surface area contributed by atoms with Crippen molar-refractivity contribution in [1.29, 1.82) is 0 Å². The van der Waals surface area contributed by atoms with Gasteiger partial charge in [0.05, 0.1) is 21.5 Å². The van der Waals surface area contributed by atoms with Gasteiger partial charge in [-0.1, -0.05) is 12.1 Å². The molecule has 124 valence electrons. The minimum Gasteiger partial charge on any atom is -0.342 e. The molecule has 3 aromatic rings. The second kappa shape index (κ2) is 6.06. The lowest BCUT2D eigenvalue weighted by atomic mass is 10.2. The zero-order valence-electron chi connectivity index (χ0n) is 12.8. The molecule has 1 aromatic carbocycles. The summed E-state index contributed by atoms with van der Waals surface area (Å²) >= 11 is 0. The molecule has 1 amide bonds. The number of hydrogen-bond acceptors (Lipinski definition) is 5. The van der Waals surface area contributed by atoms with Crippen molar-refractivity contribution in [3.05, 3.63) is 59.9 Å². The van der Waals surface area contributed by atoms with E-state index in [9.17, 15) is 13.2 Å². The van der Waals surface area contributed by atoms with Crippen molar-refractivity contribution in [1.82, 2.24) is 15.0 Å². The quantitative estimate of drug-likeness (QED) is 0.552. The van der Waals surface area contributed by atoms with E-state index in [1.807, 2.05) is 16.8 Å². The third-order valence-electron chi connectivity index (χ3n) is 3.69. The van der Waals surface area contributed by atoms with Crippen LogP contribution in [0.2, 0.25) is 0 Å². The van der Waals surface area contributed by atoms with Crippen LogP contribution in [0, 0.1) is 0 Å². The number of carbonyl (C=O) groups is 1. The average Bonchev–Trinajstić information content (AvgIpc) is 2.96. The Labute approximate surface area is 138 Å². The zero-order valence-corrected chi connectivity index (χ0v) is 13.6. The van der Waals surface area contributed by atoms with Crippen molar-refractivity contribution in [2.24, 2.45) is 0 Å². The monoisotopic (exact) mass is 345 g/mol. The Morgan fingerprint density at radius 1 is 1.25 bits per heavy atom. The Bertz CT molecular complexity index is 1010. The predicted octanol–water partition coefficient (Wildman–Crippen LogP) is 1.61. The lowest BCUT2D eigenvalue weighted by Crippen LogP contribution is -2.18. The van der Waals surface area contributed by atoms with Gasteiger partial charge in [0.15, 0.2) is 9.84 Å². The van der Waals surface area contributed by atoms with E-state index in [1.54, 1.807) is 35.8 Å². The minimum atomic E-state index is -3.22. The third kappa shape index (κ3) is 3.15. The lowest BCUT2D eigenvalue weighted by molar-refractivity contribution is 0.0706. The molecule has 0 bridgehead atoms.